The van der Waals surface area contributed by atoms with E-state index in [1.807, 2.05) is 0 Å². The molecule has 12 nitrogen and oxygen atoms in total. The molecule has 0 saturated heterocycles. The summed E-state index contributed by atoms with van der Waals surface area (Å²) in [7, 11) is 0. The summed E-state index contributed by atoms with van der Waals surface area (Å²) in [6.45, 7) is 4.57. The first-order chi connectivity index (χ1) is 13.8. The van der Waals surface area contributed by atoms with Gasteiger partial charge in [0.1, 0.15) is 24.2 Å². The van der Waals surface area contributed by atoms with Crippen LogP contribution in [0.5, 0.6) is 0 Å². The number of nitrogens with two attached hydrogens (primary N) is 2. The van der Waals surface area contributed by atoms with Gasteiger partial charge in [0.05, 0.1) is 6.10 Å². The summed E-state index contributed by atoms with van der Waals surface area (Å²) in [5.74, 6) is -4.92. The molecule has 0 aromatic heterocycles. The van der Waals surface area contributed by atoms with Crippen molar-refractivity contribution >= 4 is 42.2 Å². The fraction of sp³-hybridized carbons (Fsp3) is 0.706. The molecule has 0 aromatic rings. The lowest BCUT2D eigenvalue weighted by Crippen LogP contribution is -2.59. The fourth-order valence-electron chi connectivity index (χ4n) is 2.28. The lowest BCUT2D eigenvalue weighted by atomic mass is 10.0. The third kappa shape index (κ3) is 9.41. The van der Waals surface area contributed by atoms with E-state index in [9.17, 15) is 34.2 Å². The van der Waals surface area contributed by atoms with Crippen LogP contribution in [-0.4, -0.2) is 75.8 Å². The van der Waals surface area contributed by atoms with Crippen molar-refractivity contribution in [3.8, 4) is 0 Å². The standard InChI is InChI=1S/C17H31N5O7S/c1-7(2)13(16(27)20-9(17(28)29)4-5-11(18)24)22-14(25)10(6-30)21-15(26)12(19)8(3)23/h7-10,12-13,23,30H,4-6,19H2,1-3H3,(H2,18,24)(H,20,27)(H,21,26)(H,22,25)(H,28,29). The Bertz CT molecular complexity index is 644. The number of hydrogen-bond acceptors (Lipinski definition) is 8. The Kier molecular flexibility index (Phi) is 12.0. The number of carbonyl (C=O) groups excluding carboxylic acids is 4. The molecule has 0 saturated carbocycles. The fourth-order valence-corrected chi connectivity index (χ4v) is 2.53. The van der Waals surface area contributed by atoms with E-state index < -0.39 is 65.8 Å². The Balaban J connectivity index is 5.20. The van der Waals surface area contributed by atoms with E-state index in [4.69, 9.17) is 11.5 Å². The third-order valence-electron chi connectivity index (χ3n) is 4.18. The van der Waals surface area contributed by atoms with Gasteiger partial charge in [0, 0.05) is 12.2 Å². The average molecular weight is 450 g/mol. The average Bonchev–Trinajstić information content (AvgIpc) is 2.65. The van der Waals surface area contributed by atoms with Crippen molar-refractivity contribution in [2.24, 2.45) is 17.4 Å². The maximum absolute atomic E-state index is 12.5. The minimum absolute atomic E-state index is 0.118. The number of carboxylic acids is 1. The third-order valence-corrected chi connectivity index (χ3v) is 4.54. The van der Waals surface area contributed by atoms with Crippen molar-refractivity contribution in [2.45, 2.75) is 63.9 Å². The second-order valence-corrected chi connectivity index (χ2v) is 7.51. The largest absolute Gasteiger partial charge is 0.480 e. The zero-order chi connectivity index (χ0) is 23.6. The van der Waals surface area contributed by atoms with Gasteiger partial charge >= 0.3 is 5.97 Å². The van der Waals surface area contributed by atoms with Crippen LogP contribution in [0.4, 0.5) is 0 Å². The molecule has 0 aromatic carbocycles. The van der Waals surface area contributed by atoms with Crippen molar-refractivity contribution in [1.29, 1.82) is 0 Å². The van der Waals surface area contributed by atoms with E-state index in [0.717, 1.165) is 0 Å². The SMILES string of the molecule is CC(C)C(NC(=O)C(CS)NC(=O)C(N)C(C)O)C(=O)NC(CCC(N)=O)C(=O)O. The molecule has 0 aliphatic carbocycles. The number of thiol groups is 1. The van der Waals surface area contributed by atoms with Crippen LogP contribution < -0.4 is 27.4 Å². The van der Waals surface area contributed by atoms with Crippen LogP contribution in [0.15, 0.2) is 0 Å². The Morgan fingerprint density at radius 3 is 1.87 bits per heavy atom. The van der Waals surface area contributed by atoms with Crippen LogP contribution in [0.2, 0.25) is 0 Å². The smallest absolute Gasteiger partial charge is 0.326 e. The van der Waals surface area contributed by atoms with Crippen LogP contribution in [0.25, 0.3) is 0 Å². The number of aliphatic carboxylic acids is 1. The maximum Gasteiger partial charge on any atom is 0.326 e. The summed E-state index contributed by atoms with van der Waals surface area (Å²) in [5.41, 5.74) is 10.5. The van der Waals surface area contributed by atoms with E-state index in [0.29, 0.717) is 0 Å². The number of nitrogens with one attached hydrogen (secondary N) is 3. The molecule has 172 valence electrons. The molecule has 0 rings (SSSR count). The quantitative estimate of drug-likeness (QED) is 0.136. The number of rotatable bonds is 13. The molecule has 5 unspecified atom stereocenters. The lowest BCUT2D eigenvalue weighted by molar-refractivity contribution is -0.143. The minimum atomic E-state index is -1.37. The molecular formula is C17H31N5O7S. The summed E-state index contributed by atoms with van der Waals surface area (Å²) < 4.78 is 0. The molecule has 0 fully saturated rings. The predicted octanol–water partition coefficient (Wildman–Crippen LogP) is -2.92. The second kappa shape index (κ2) is 13.0. The summed E-state index contributed by atoms with van der Waals surface area (Å²) >= 11 is 4.00. The zero-order valence-electron chi connectivity index (χ0n) is 17.1. The van der Waals surface area contributed by atoms with Crippen LogP contribution in [0.1, 0.15) is 33.6 Å². The topological polar surface area (TPSA) is 214 Å². The summed E-state index contributed by atoms with van der Waals surface area (Å²) in [4.78, 5) is 59.2. The van der Waals surface area contributed by atoms with Gasteiger partial charge in [-0.1, -0.05) is 13.8 Å². The van der Waals surface area contributed by atoms with Crippen LogP contribution in [0.3, 0.4) is 0 Å². The van der Waals surface area contributed by atoms with E-state index in [-0.39, 0.29) is 18.6 Å². The highest BCUT2D eigenvalue weighted by Gasteiger charge is 2.32. The number of amides is 4. The predicted molar refractivity (Wildman–Crippen MR) is 110 cm³/mol. The van der Waals surface area contributed by atoms with Gasteiger partial charge in [0.2, 0.25) is 23.6 Å². The van der Waals surface area contributed by atoms with Crippen LogP contribution >= 0.6 is 12.6 Å². The zero-order valence-corrected chi connectivity index (χ0v) is 18.0. The van der Waals surface area contributed by atoms with Gasteiger partial charge in [-0.3, -0.25) is 19.2 Å². The molecule has 13 heteroatoms. The van der Waals surface area contributed by atoms with Crippen molar-refractivity contribution in [2.75, 3.05) is 5.75 Å². The number of aliphatic hydroxyl groups excluding tert-OH is 1. The lowest BCUT2D eigenvalue weighted by Gasteiger charge is -2.26. The molecule has 0 radical (unpaired) electrons. The molecule has 4 amide bonds. The second-order valence-electron chi connectivity index (χ2n) is 7.14. The molecule has 0 bridgehead atoms. The van der Waals surface area contributed by atoms with Crippen molar-refractivity contribution in [3.63, 3.8) is 0 Å². The monoisotopic (exact) mass is 449 g/mol. The Labute approximate surface area is 179 Å². The number of carbonyl (C=O) groups is 5. The van der Waals surface area contributed by atoms with Crippen molar-refractivity contribution in [3.05, 3.63) is 0 Å². The van der Waals surface area contributed by atoms with Gasteiger partial charge in [-0.25, -0.2) is 4.79 Å². The first-order valence-corrected chi connectivity index (χ1v) is 9.91. The first-order valence-electron chi connectivity index (χ1n) is 9.28. The Morgan fingerprint density at radius 2 is 1.47 bits per heavy atom. The van der Waals surface area contributed by atoms with E-state index in [1.54, 1.807) is 13.8 Å². The summed E-state index contributed by atoms with van der Waals surface area (Å²) in [6, 6.07) is -4.90. The van der Waals surface area contributed by atoms with Crippen molar-refractivity contribution in [1.82, 2.24) is 16.0 Å². The first kappa shape index (κ1) is 27.6. The molecule has 0 aliphatic heterocycles. The van der Waals surface area contributed by atoms with E-state index >= 15 is 0 Å². The molecule has 5 atom stereocenters. The molecule has 0 spiro atoms. The van der Waals surface area contributed by atoms with E-state index in [1.165, 1.54) is 6.92 Å². The van der Waals surface area contributed by atoms with Gasteiger partial charge in [-0.05, 0) is 19.3 Å². The van der Waals surface area contributed by atoms with Gasteiger partial charge in [0.15, 0.2) is 0 Å². The highest BCUT2D eigenvalue weighted by Crippen LogP contribution is 2.06. The number of carboxylic acid groups (broad SMARTS) is 1. The van der Waals surface area contributed by atoms with Gasteiger partial charge in [0.25, 0.3) is 0 Å². The molecule has 0 aliphatic rings. The minimum Gasteiger partial charge on any atom is -0.480 e. The van der Waals surface area contributed by atoms with Gasteiger partial charge in [-0.2, -0.15) is 12.6 Å². The van der Waals surface area contributed by atoms with Crippen LogP contribution in [-0.2, 0) is 24.0 Å². The van der Waals surface area contributed by atoms with Gasteiger partial charge in [-0.15, -0.1) is 0 Å². The molecule has 9 N–H and O–H groups in total. The van der Waals surface area contributed by atoms with Crippen molar-refractivity contribution < 1.29 is 34.2 Å². The number of hydrogen-bond donors (Lipinski definition) is 8. The highest BCUT2D eigenvalue weighted by molar-refractivity contribution is 7.80. The molecular weight excluding hydrogens is 418 g/mol. The van der Waals surface area contributed by atoms with Gasteiger partial charge < -0.3 is 37.6 Å². The number of aliphatic hydroxyl groups is 1. The Morgan fingerprint density at radius 1 is 0.933 bits per heavy atom. The molecule has 30 heavy (non-hydrogen) atoms. The maximum atomic E-state index is 12.5. The molecule has 0 heterocycles. The summed E-state index contributed by atoms with van der Waals surface area (Å²) in [6.07, 6.45) is -1.59. The van der Waals surface area contributed by atoms with E-state index in [2.05, 4.69) is 28.6 Å². The normalized spacial score (nSPS) is 16.0. The highest BCUT2D eigenvalue weighted by atomic mass is 32.1. The number of primary amides is 1. The Hall–Kier alpha value is -2.38. The summed E-state index contributed by atoms with van der Waals surface area (Å²) in [5, 5.41) is 25.6. The van der Waals surface area contributed by atoms with Crippen LogP contribution in [0, 0.1) is 5.92 Å².